The molecule has 0 aromatic carbocycles. The molecule has 0 saturated carbocycles. The van der Waals surface area contributed by atoms with Gasteiger partial charge in [0.05, 0.1) is 11.3 Å². The fourth-order valence-electron chi connectivity index (χ4n) is 1.45. The number of nitrogens with zero attached hydrogens (tertiary/aromatic N) is 1. The van der Waals surface area contributed by atoms with Crippen molar-refractivity contribution in [3.05, 3.63) is 46.3 Å². The number of amides is 1. The molecule has 0 saturated heterocycles. The summed E-state index contributed by atoms with van der Waals surface area (Å²) in [6.07, 6.45) is 0.103. The molecule has 2 rings (SSSR count). The molecule has 8 heteroatoms. The van der Waals surface area contributed by atoms with E-state index in [-0.39, 0.29) is 18.9 Å². The number of thiazole rings is 1. The van der Waals surface area contributed by atoms with Crippen molar-refractivity contribution in [1.82, 2.24) is 10.3 Å². The van der Waals surface area contributed by atoms with Gasteiger partial charge >= 0.3 is 6.18 Å². The number of halogens is 3. The summed E-state index contributed by atoms with van der Waals surface area (Å²) in [6, 6.07) is 3.39. The van der Waals surface area contributed by atoms with E-state index in [9.17, 15) is 18.0 Å². The predicted octanol–water partition coefficient (Wildman–Crippen LogP) is 3.13. The average molecular weight is 316 g/mol. The Morgan fingerprint density at radius 2 is 2.29 bits per heavy atom. The number of hydrogen-bond donors (Lipinski definition) is 1. The number of nitrogens with one attached hydrogen (secondary N) is 1. The van der Waals surface area contributed by atoms with Crippen LogP contribution in [0.5, 0.6) is 0 Å². The van der Waals surface area contributed by atoms with Gasteiger partial charge in [-0.1, -0.05) is 0 Å². The fraction of sp³-hybridized carbons (Fsp3) is 0.231. The molecule has 4 nitrogen and oxygen atoms in total. The van der Waals surface area contributed by atoms with Crippen molar-refractivity contribution >= 4 is 23.3 Å². The third kappa shape index (κ3) is 4.75. The maximum Gasteiger partial charge on any atom is 0.434 e. The van der Waals surface area contributed by atoms with Crippen molar-refractivity contribution in [3.8, 4) is 0 Å². The highest BCUT2D eigenvalue weighted by Crippen LogP contribution is 2.29. The average Bonchev–Trinajstić information content (AvgIpc) is 3.07. The number of hydrogen-bond acceptors (Lipinski definition) is 4. The van der Waals surface area contributed by atoms with Crippen molar-refractivity contribution in [2.45, 2.75) is 12.6 Å². The number of furan rings is 1. The number of alkyl halides is 3. The Kier molecular flexibility index (Phi) is 4.79. The van der Waals surface area contributed by atoms with Crippen LogP contribution in [-0.4, -0.2) is 17.4 Å². The van der Waals surface area contributed by atoms with E-state index in [4.69, 9.17) is 4.42 Å². The van der Waals surface area contributed by atoms with E-state index in [1.807, 2.05) is 0 Å². The number of rotatable bonds is 5. The minimum absolute atomic E-state index is 0.214. The first-order valence-corrected chi connectivity index (χ1v) is 6.84. The zero-order valence-corrected chi connectivity index (χ0v) is 11.5. The zero-order valence-electron chi connectivity index (χ0n) is 10.7. The molecular formula is C13H11F3N2O2S. The van der Waals surface area contributed by atoms with Gasteiger partial charge in [-0.2, -0.15) is 13.2 Å². The molecule has 2 aromatic rings. The Hall–Kier alpha value is -2.09. The van der Waals surface area contributed by atoms with Crippen molar-refractivity contribution < 1.29 is 22.4 Å². The highest BCUT2D eigenvalue weighted by atomic mass is 32.1. The molecule has 1 amide bonds. The normalized spacial score (nSPS) is 12.0. The van der Waals surface area contributed by atoms with Crippen LogP contribution in [0.1, 0.15) is 16.5 Å². The van der Waals surface area contributed by atoms with E-state index in [1.54, 1.807) is 12.1 Å². The van der Waals surface area contributed by atoms with Crippen LogP contribution in [0.2, 0.25) is 0 Å². The molecule has 2 aromatic heterocycles. The third-order valence-electron chi connectivity index (χ3n) is 2.42. The third-order valence-corrected chi connectivity index (χ3v) is 3.33. The Bertz CT molecular complexity index is 618. The summed E-state index contributed by atoms with van der Waals surface area (Å²) in [4.78, 5) is 14.9. The monoisotopic (exact) mass is 316 g/mol. The Labute approximate surface area is 122 Å². The molecule has 0 unspecified atom stereocenters. The van der Waals surface area contributed by atoms with Crippen LogP contribution in [-0.2, 0) is 17.4 Å². The number of carbonyl (C=O) groups excluding carboxylic acids is 1. The summed E-state index contributed by atoms with van der Waals surface area (Å²) < 4.78 is 42.0. The molecule has 0 atom stereocenters. The summed E-state index contributed by atoms with van der Waals surface area (Å²) in [5.74, 6) is 0.193. The standard InChI is InChI=1S/C13H11F3N2O2S/c14-13(15,16)10-8-21-12(18-10)5-6-17-11(19)4-3-9-2-1-7-20-9/h1-4,7-8H,5-6H2,(H,17,19)/b4-3-. The maximum absolute atomic E-state index is 12.3. The lowest BCUT2D eigenvalue weighted by atomic mass is 10.3. The van der Waals surface area contributed by atoms with Gasteiger partial charge in [-0.05, 0) is 18.2 Å². The molecule has 0 bridgehead atoms. The fourth-order valence-corrected chi connectivity index (χ4v) is 2.26. The molecule has 0 aliphatic rings. The van der Waals surface area contributed by atoms with Gasteiger partial charge in [-0.25, -0.2) is 4.98 Å². The largest absolute Gasteiger partial charge is 0.465 e. The summed E-state index contributed by atoms with van der Waals surface area (Å²) in [6.45, 7) is 0.214. The van der Waals surface area contributed by atoms with Crippen LogP contribution < -0.4 is 5.32 Å². The van der Waals surface area contributed by atoms with Crippen molar-refractivity contribution in [2.75, 3.05) is 6.54 Å². The van der Waals surface area contributed by atoms with Gasteiger partial charge in [-0.15, -0.1) is 11.3 Å². The molecular weight excluding hydrogens is 305 g/mol. The second kappa shape index (κ2) is 6.57. The van der Waals surface area contributed by atoms with E-state index >= 15 is 0 Å². The van der Waals surface area contributed by atoms with E-state index in [0.29, 0.717) is 10.8 Å². The van der Waals surface area contributed by atoms with Crippen LogP contribution in [0, 0.1) is 0 Å². The second-order valence-electron chi connectivity index (χ2n) is 4.01. The van der Waals surface area contributed by atoms with Gasteiger partial charge in [0.1, 0.15) is 5.76 Å². The Morgan fingerprint density at radius 3 is 2.90 bits per heavy atom. The Morgan fingerprint density at radius 1 is 1.48 bits per heavy atom. The summed E-state index contributed by atoms with van der Waals surface area (Å²) in [5, 5.41) is 3.86. The summed E-state index contributed by atoms with van der Waals surface area (Å²) >= 11 is 0.924. The predicted molar refractivity (Wildman–Crippen MR) is 71.6 cm³/mol. The summed E-state index contributed by atoms with van der Waals surface area (Å²) in [5.41, 5.74) is -0.897. The minimum atomic E-state index is -4.43. The van der Waals surface area contributed by atoms with Crippen LogP contribution in [0.25, 0.3) is 6.08 Å². The quantitative estimate of drug-likeness (QED) is 0.862. The van der Waals surface area contributed by atoms with Gasteiger partial charge in [0.25, 0.3) is 0 Å². The van der Waals surface area contributed by atoms with Crippen LogP contribution in [0.4, 0.5) is 13.2 Å². The first-order chi connectivity index (χ1) is 9.95. The molecule has 2 heterocycles. The summed E-state index contributed by atoms with van der Waals surface area (Å²) in [7, 11) is 0. The molecule has 0 aliphatic carbocycles. The lowest BCUT2D eigenvalue weighted by Gasteiger charge is -2.01. The van der Waals surface area contributed by atoms with E-state index in [1.165, 1.54) is 18.4 Å². The van der Waals surface area contributed by atoms with Crippen LogP contribution >= 0.6 is 11.3 Å². The first kappa shape index (κ1) is 15.3. The van der Waals surface area contributed by atoms with Crippen molar-refractivity contribution in [2.24, 2.45) is 0 Å². The smallest absolute Gasteiger partial charge is 0.434 e. The number of aromatic nitrogens is 1. The second-order valence-corrected chi connectivity index (χ2v) is 4.96. The SMILES string of the molecule is O=C(/C=C\c1ccco1)NCCc1nc(C(F)(F)F)cs1. The van der Waals surface area contributed by atoms with Gasteiger partial charge < -0.3 is 9.73 Å². The topological polar surface area (TPSA) is 55.1 Å². The van der Waals surface area contributed by atoms with Crippen molar-refractivity contribution in [3.63, 3.8) is 0 Å². The lowest BCUT2D eigenvalue weighted by Crippen LogP contribution is -2.23. The highest BCUT2D eigenvalue weighted by Gasteiger charge is 2.33. The van der Waals surface area contributed by atoms with Gasteiger partial charge in [0.15, 0.2) is 5.69 Å². The molecule has 0 fully saturated rings. The van der Waals surface area contributed by atoms with Crippen molar-refractivity contribution in [1.29, 1.82) is 0 Å². The van der Waals surface area contributed by atoms with E-state index in [0.717, 1.165) is 16.7 Å². The van der Waals surface area contributed by atoms with Gasteiger partial charge in [0, 0.05) is 24.4 Å². The molecule has 1 N–H and O–H groups in total. The van der Waals surface area contributed by atoms with Crippen LogP contribution in [0.15, 0.2) is 34.3 Å². The lowest BCUT2D eigenvalue weighted by molar-refractivity contribution is -0.140. The molecule has 21 heavy (non-hydrogen) atoms. The molecule has 0 spiro atoms. The van der Waals surface area contributed by atoms with Gasteiger partial charge in [0.2, 0.25) is 5.91 Å². The first-order valence-electron chi connectivity index (χ1n) is 5.96. The van der Waals surface area contributed by atoms with E-state index in [2.05, 4.69) is 10.3 Å². The number of carbonyl (C=O) groups is 1. The van der Waals surface area contributed by atoms with Gasteiger partial charge in [-0.3, -0.25) is 4.79 Å². The van der Waals surface area contributed by atoms with Crippen LogP contribution in [0.3, 0.4) is 0 Å². The molecule has 112 valence electrons. The molecule has 0 radical (unpaired) electrons. The highest BCUT2D eigenvalue weighted by molar-refractivity contribution is 7.09. The molecule has 0 aliphatic heterocycles. The zero-order chi connectivity index (χ0) is 15.3. The Balaban J connectivity index is 1.76. The van der Waals surface area contributed by atoms with E-state index < -0.39 is 11.9 Å². The minimum Gasteiger partial charge on any atom is -0.465 e. The maximum atomic E-state index is 12.3.